The van der Waals surface area contributed by atoms with Crippen LogP contribution in [0.4, 0.5) is 0 Å². The van der Waals surface area contributed by atoms with Gasteiger partial charge < -0.3 is 14.8 Å². The van der Waals surface area contributed by atoms with E-state index in [1.54, 1.807) is 12.5 Å². The van der Waals surface area contributed by atoms with Crippen molar-refractivity contribution in [1.82, 2.24) is 9.55 Å². The van der Waals surface area contributed by atoms with Gasteiger partial charge in [0, 0.05) is 18.9 Å². The molecule has 2 rings (SSSR count). The van der Waals surface area contributed by atoms with Gasteiger partial charge in [0.15, 0.2) is 0 Å². The molecule has 4 heteroatoms. The van der Waals surface area contributed by atoms with Crippen molar-refractivity contribution in [1.29, 1.82) is 0 Å². The first-order valence-corrected chi connectivity index (χ1v) is 5.07. The zero-order valence-corrected chi connectivity index (χ0v) is 8.08. The first-order chi connectivity index (χ1) is 6.75. The summed E-state index contributed by atoms with van der Waals surface area (Å²) < 4.78 is 2.02. The van der Waals surface area contributed by atoms with Gasteiger partial charge in [0.1, 0.15) is 0 Å². The molecular formula is C10H16N2O2. The van der Waals surface area contributed by atoms with Crippen LogP contribution < -0.4 is 0 Å². The van der Waals surface area contributed by atoms with E-state index in [-0.39, 0.29) is 0 Å². The quantitative estimate of drug-likeness (QED) is 0.720. The lowest BCUT2D eigenvalue weighted by Crippen LogP contribution is -2.34. The molecule has 4 nitrogen and oxygen atoms in total. The Bertz CT molecular complexity index is 274. The Morgan fingerprint density at radius 2 is 2.14 bits per heavy atom. The molecule has 0 aliphatic heterocycles. The van der Waals surface area contributed by atoms with Gasteiger partial charge >= 0.3 is 0 Å². The highest BCUT2D eigenvalue weighted by atomic mass is 16.3. The molecule has 0 bridgehead atoms. The first-order valence-electron chi connectivity index (χ1n) is 5.07. The minimum absolute atomic E-state index is 0.461. The van der Waals surface area contributed by atoms with Crippen LogP contribution >= 0.6 is 0 Å². The average Bonchev–Trinajstić information content (AvgIpc) is 2.64. The minimum atomic E-state index is -0.544. The molecule has 1 unspecified atom stereocenters. The highest BCUT2D eigenvalue weighted by Gasteiger charge is 2.27. The van der Waals surface area contributed by atoms with Crippen LogP contribution in [-0.4, -0.2) is 32.0 Å². The Morgan fingerprint density at radius 3 is 2.79 bits per heavy atom. The minimum Gasteiger partial charge on any atom is -0.390 e. The number of aromatic nitrogens is 2. The van der Waals surface area contributed by atoms with Crippen molar-refractivity contribution in [2.75, 3.05) is 0 Å². The van der Waals surface area contributed by atoms with Gasteiger partial charge in [0.25, 0.3) is 0 Å². The largest absolute Gasteiger partial charge is 0.390 e. The van der Waals surface area contributed by atoms with E-state index in [0.29, 0.717) is 18.8 Å². The van der Waals surface area contributed by atoms with E-state index in [0.717, 1.165) is 13.0 Å². The molecule has 3 atom stereocenters. The van der Waals surface area contributed by atoms with E-state index in [9.17, 15) is 10.2 Å². The van der Waals surface area contributed by atoms with Crippen molar-refractivity contribution >= 4 is 0 Å². The third-order valence-corrected chi connectivity index (χ3v) is 2.92. The maximum Gasteiger partial charge on any atom is 0.0945 e. The summed E-state index contributed by atoms with van der Waals surface area (Å²) in [7, 11) is 0. The van der Waals surface area contributed by atoms with E-state index < -0.39 is 12.2 Å². The van der Waals surface area contributed by atoms with Gasteiger partial charge in [0.2, 0.25) is 0 Å². The van der Waals surface area contributed by atoms with Gasteiger partial charge in [-0.25, -0.2) is 4.98 Å². The van der Waals surface area contributed by atoms with E-state index in [4.69, 9.17) is 0 Å². The Balaban J connectivity index is 1.88. The Morgan fingerprint density at radius 1 is 1.29 bits per heavy atom. The summed E-state index contributed by atoms with van der Waals surface area (Å²) in [6.07, 6.45) is 6.80. The average molecular weight is 196 g/mol. The van der Waals surface area contributed by atoms with Crippen molar-refractivity contribution in [2.24, 2.45) is 5.92 Å². The fourth-order valence-corrected chi connectivity index (χ4v) is 2.07. The number of rotatable bonds is 2. The molecule has 14 heavy (non-hydrogen) atoms. The van der Waals surface area contributed by atoms with Crippen LogP contribution in [0.3, 0.4) is 0 Å². The normalized spacial score (nSPS) is 33.1. The van der Waals surface area contributed by atoms with E-state index in [1.165, 1.54) is 0 Å². The second-order valence-electron chi connectivity index (χ2n) is 4.07. The third-order valence-electron chi connectivity index (χ3n) is 2.92. The fraction of sp³-hybridized carbons (Fsp3) is 0.700. The molecule has 2 N–H and O–H groups in total. The number of aliphatic hydroxyl groups excluding tert-OH is 2. The predicted octanol–water partition coefficient (Wildman–Crippen LogP) is 0.405. The predicted molar refractivity (Wildman–Crippen MR) is 51.6 cm³/mol. The van der Waals surface area contributed by atoms with Crippen LogP contribution in [0.5, 0.6) is 0 Å². The lowest BCUT2D eigenvalue weighted by Gasteiger charge is -2.30. The fourth-order valence-electron chi connectivity index (χ4n) is 2.07. The number of hydrogen-bond donors (Lipinski definition) is 2. The van der Waals surface area contributed by atoms with Crippen molar-refractivity contribution in [3.8, 4) is 0 Å². The molecule has 0 spiro atoms. The smallest absolute Gasteiger partial charge is 0.0945 e. The van der Waals surface area contributed by atoms with Crippen molar-refractivity contribution in [3.05, 3.63) is 18.7 Å². The van der Waals surface area contributed by atoms with Crippen molar-refractivity contribution in [3.63, 3.8) is 0 Å². The van der Waals surface area contributed by atoms with Crippen LogP contribution in [0.1, 0.15) is 19.3 Å². The molecule has 1 aliphatic rings. The monoisotopic (exact) mass is 196 g/mol. The molecule has 1 heterocycles. The number of imidazole rings is 1. The molecule has 78 valence electrons. The molecule has 0 saturated heterocycles. The third kappa shape index (κ3) is 2.13. The van der Waals surface area contributed by atoms with Crippen LogP contribution in [0.2, 0.25) is 0 Å². The van der Waals surface area contributed by atoms with Crippen LogP contribution in [0, 0.1) is 5.92 Å². The Kier molecular flexibility index (Phi) is 2.84. The molecule has 0 aromatic carbocycles. The summed E-state index contributed by atoms with van der Waals surface area (Å²) in [4.78, 5) is 3.97. The van der Waals surface area contributed by atoms with E-state index >= 15 is 0 Å². The summed E-state index contributed by atoms with van der Waals surface area (Å²) in [5, 5.41) is 18.9. The molecule has 1 aromatic rings. The highest BCUT2D eigenvalue weighted by Crippen LogP contribution is 2.25. The molecule has 1 saturated carbocycles. The maximum atomic E-state index is 9.50. The molecule has 1 fully saturated rings. The topological polar surface area (TPSA) is 58.3 Å². The number of hydrogen-bond acceptors (Lipinski definition) is 3. The Hall–Kier alpha value is -0.870. The van der Waals surface area contributed by atoms with Crippen LogP contribution in [0.15, 0.2) is 18.7 Å². The second kappa shape index (κ2) is 4.11. The maximum absolute atomic E-state index is 9.50. The van der Waals surface area contributed by atoms with Gasteiger partial charge in [-0.15, -0.1) is 0 Å². The van der Waals surface area contributed by atoms with Crippen molar-refractivity contribution < 1.29 is 10.2 Å². The molecular weight excluding hydrogens is 180 g/mol. The van der Waals surface area contributed by atoms with Crippen LogP contribution in [0.25, 0.3) is 0 Å². The molecule has 0 amide bonds. The SMILES string of the molecule is OC1CC[C@@H](Cn2ccnc2)C[C@H]1O. The number of nitrogens with zero attached hydrogens (tertiary/aromatic N) is 2. The first kappa shape index (κ1) is 9.68. The lowest BCUT2D eigenvalue weighted by molar-refractivity contribution is -0.0276. The van der Waals surface area contributed by atoms with Gasteiger partial charge in [0.05, 0.1) is 18.5 Å². The van der Waals surface area contributed by atoms with Crippen LogP contribution in [-0.2, 0) is 6.54 Å². The summed E-state index contributed by atoms with van der Waals surface area (Å²) in [6.45, 7) is 0.893. The zero-order valence-electron chi connectivity index (χ0n) is 8.08. The molecule has 0 radical (unpaired) electrons. The standard InChI is InChI=1S/C10H16N2O2/c13-9-2-1-8(5-10(9)14)6-12-4-3-11-7-12/h3-4,7-10,13-14H,1-2,5-6H2/t8-,9?,10-/m1/s1. The molecule has 1 aromatic heterocycles. The second-order valence-corrected chi connectivity index (χ2v) is 4.07. The highest BCUT2D eigenvalue weighted by molar-refractivity contribution is 4.82. The summed E-state index contributed by atoms with van der Waals surface area (Å²) in [5.74, 6) is 0.461. The molecule has 1 aliphatic carbocycles. The lowest BCUT2D eigenvalue weighted by atomic mass is 9.85. The Labute approximate surface area is 83.2 Å². The van der Waals surface area contributed by atoms with Crippen molar-refractivity contribution in [2.45, 2.75) is 38.0 Å². The van der Waals surface area contributed by atoms with E-state index in [2.05, 4.69) is 4.98 Å². The van der Waals surface area contributed by atoms with Gasteiger partial charge in [-0.05, 0) is 25.2 Å². The van der Waals surface area contributed by atoms with E-state index in [1.807, 2.05) is 10.8 Å². The summed E-state index contributed by atoms with van der Waals surface area (Å²) in [5.41, 5.74) is 0. The summed E-state index contributed by atoms with van der Waals surface area (Å²) in [6, 6.07) is 0. The number of aliphatic hydroxyl groups is 2. The van der Waals surface area contributed by atoms with Gasteiger partial charge in [-0.2, -0.15) is 0 Å². The summed E-state index contributed by atoms with van der Waals surface area (Å²) >= 11 is 0. The van der Waals surface area contributed by atoms with Gasteiger partial charge in [-0.3, -0.25) is 0 Å². The van der Waals surface area contributed by atoms with Gasteiger partial charge in [-0.1, -0.05) is 0 Å². The zero-order chi connectivity index (χ0) is 9.97.